The number of hydrazone groups is 1. The van der Waals surface area contributed by atoms with Crippen LogP contribution in [0.3, 0.4) is 0 Å². The molecular formula is C17H16FN3O3. The molecule has 6 nitrogen and oxygen atoms in total. The zero-order chi connectivity index (χ0) is 17.5. The van der Waals surface area contributed by atoms with Crippen molar-refractivity contribution in [3.05, 3.63) is 65.5 Å². The summed E-state index contributed by atoms with van der Waals surface area (Å²) < 4.78 is 18.2. The molecule has 0 aliphatic rings. The van der Waals surface area contributed by atoms with Crippen LogP contribution < -0.4 is 15.9 Å². The molecule has 0 atom stereocenters. The number of hydrogen-bond acceptors (Lipinski definition) is 4. The van der Waals surface area contributed by atoms with Crippen LogP contribution in [0.4, 0.5) is 4.39 Å². The van der Waals surface area contributed by atoms with E-state index in [9.17, 15) is 14.0 Å². The van der Waals surface area contributed by atoms with Crippen molar-refractivity contribution in [1.29, 1.82) is 0 Å². The molecule has 0 bridgehead atoms. The van der Waals surface area contributed by atoms with E-state index in [-0.39, 0.29) is 12.2 Å². The molecule has 0 radical (unpaired) electrons. The summed E-state index contributed by atoms with van der Waals surface area (Å²) >= 11 is 0. The first-order chi connectivity index (χ1) is 11.5. The summed E-state index contributed by atoms with van der Waals surface area (Å²) in [5.41, 5.74) is 8.86. The van der Waals surface area contributed by atoms with Crippen molar-refractivity contribution in [1.82, 2.24) is 5.43 Å². The molecular weight excluding hydrogens is 313 g/mol. The van der Waals surface area contributed by atoms with Gasteiger partial charge in [0.25, 0.3) is 11.8 Å². The minimum Gasteiger partial charge on any atom is -0.484 e. The van der Waals surface area contributed by atoms with Crippen molar-refractivity contribution in [2.45, 2.75) is 6.92 Å². The lowest BCUT2D eigenvalue weighted by atomic mass is 10.1. The smallest absolute Gasteiger partial charge is 0.271 e. The second-order valence-corrected chi connectivity index (χ2v) is 4.93. The second-order valence-electron chi connectivity index (χ2n) is 4.93. The molecule has 0 aromatic heterocycles. The van der Waals surface area contributed by atoms with Crippen molar-refractivity contribution in [3.8, 4) is 5.75 Å². The highest BCUT2D eigenvalue weighted by molar-refractivity contribution is 6.00. The number of nitrogens with two attached hydrogens (primary N) is 1. The first-order valence-corrected chi connectivity index (χ1v) is 7.07. The fraction of sp³-hybridized carbons (Fsp3) is 0.118. The van der Waals surface area contributed by atoms with Gasteiger partial charge in [0.15, 0.2) is 6.61 Å². The first kappa shape index (κ1) is 17.1. The van der Waals surface area contributed by atoms with Gasteiger partial charge in [0, 0.05) is 5.56 Å². The number of hydrogen-bond donors (Lipinski definition) is 2. The van der Waals surface area contributed by atoms with Crippen molar-refractivity contribution in [2.24, 2.45) is 10.8 Å². The summed E-state index contributed by atoms with van der Waals surface area (Å²) in [6.07, 6.45) is 0. The number of nitrogens with zero attached hydrogens (tertiary/aromatic N) is 1. The van der Waals surface area contributed by atoms with Crippen LogP contribution >= 0.6 is 0 Å². The third-order valence-corrected chi connectivity index (χ3v) is 3.07. The Morgan fingerprint density at radius 3 is 2.50 bits per heavy atom. The van der Waals surface area contributed by atoms with Gasteiger partial charge in [-0.1, -0.05) is 6.07 Å². The van der Waals surface area contributed by atoms with Crippen LogP contribution in [0.5, 0.6) is 5.75 Å². The molecule has 0 spiro atoms. The highest BCUT2D eigenvalue weighted by Gasteiger charge is 2.06. The molecule has 2 aromatic rings. The van der Waals surface area contributed by atoms with Crippen molar-refractivity contribution < 1.29 is 18.7 Å². The molecule has 0 heterocycles. The van der Waals surface area contributed by atoms with Gasteiger partial charge < -0.3 is 10.5 Å². The molecule has 0 saturated carbocycles. The quantitative estimate of drug-likeness (QED) is 0.625. The summed E-state index contributed by atoms with van der Waals surface area (Å²) in [6, 6.07) is 12.1. The monoisotopic (exact) mass is 329 g/mol. The average Bonchev–Trinajstić information content (AvgIpc) is 2.58. The molecule has 0 aliphatic heterocycles. The first-order valence-electron chi connectivity index (χ1n) is 7.07. The maximum absolute atomic E-state index is 13.1. The van der Waals surface area contributed by atoms with Gasteiger partial charge in [-0.2, -0.15) is 5.10 Å². The number of halogens is 1. The fourth-order valence-corrected chi connectivity index (χ4v) is 1.84. The molecule has 3 N–H and O–H groups in total. The number of benzene rings is 2. The third kappa shape index (κ3) is 4.91. The number of amides is 2. The topological polar surface area (TPSA) is 93.8 Å². The molecule has 0 fully saturated rings. The van der Waals surface area contributed by atoms with E-state index in [2.05, 4.69) is 10.5 Å². The van der Waals surface area contributed by atoms with Gasteiger partial charge in [0.1, 0.15) is 11.6 Å². The Morgan fingerprint density at radius 2 is 1.88 bits per heavy atom. The van der Waals surface area contributed by atoms with E-state index in [1.54, 1.807) is 31.2 Å². The van der Waals surface area contributed by atoms with Crippen LogP contribution in [0, 0.1) is 5.82 Å². The third-order valence-electron chi connectivity index (χ3n) is 3.07. The average molecular weight is 329 g/mol. The Labute approximate surface area is 138 Å². The van der Waals surface area contributed by atoms with Crippen LogP contribution in [0.1, 0.15) is 22.8 Å². The minimum atomic E-state index is -0.558. The number of rotatable bonds is 6. The number of primary amides is 1. The standard InChI is InChI=1S/C17H16FN3O3/c1-11(12-5-7-15(8-6-12)24-10-16(19)22)20-21-17(23)13-3-2-4-14(18)9-13/h2-9H,10H2,1H3,(H2,19,22)(H,21,23). The Bertz CT molecular complexity index is 773. The lowest BCUT2D eigenvalue weighted by Gasteiger charge is -2.06. The maximum Gasteiger partial charge on any atom is 0.271 e. The number of carbonyl (C=O) groups is 2. The van der Waals surface area contributed by atoms with Crippen molar-refractivity contribution in [2.75, 3.05) is 6.61 Å². The van der Waals surface area contributed by atoms with Gasteiger partial charge in [0.05, 0.1) is 5.71 Å². The fourth-order valence-electron chi connectivity index (χ4n) is 1.84. The van der Waals surface area contributed by atoms with E-state index in [0.29, 0.717) is 11.5 Å². The molecule has 0 aliphatic carbocycles. The summed E-state index contributed by atoms with van der Waals surface area (Å²) in [6.45, 7) is 1.52. The van der Waals surface area contributed by atoms with Crippen molar-refractivity contribution >= 4 is 17.5 Å². The van der Waals surface area contributed by atoms with Gasteiger partial charge in [-0.3, -0.25) is 9.59 Å². The lowest BCUT2D eigenvalue weighted by molar-refractivity contribution is -0.119. The largest absolute Gasteiger partial charge is 0.484 e. The van der Waals surface area contributed by atoms with E-state index in [1.165, 1.54) is 18.2 Å². The Kier molecular flexibility index (Phi) is 5.62. The minimum absolute atomic E-state index is 0.182. The van der Waals surface area contributed by atoms with E-state index in [4.69, 9.17) is 10.5 Å². The Morgan fingerprint density at radius 1 is 1.17 bits per heavy atom. The molecule has 7 heteroatoms. The van der Waals surface area contributed by atoms with Crippen LogP contribution in [0.25, 0.3) is 0 Å². The van der Waals surface area contributed by atoms with E-state index in [1.807, 2.05) is 0 Å². The number of carbonyl (C=O) groups excluding carboxylic acids is 2. The molecule has 0 unspecified atom stereocenters. The predicted octanol–water partition coefficient (Wildman–Crippen LogP) is 1.84. The van der Waals surface area contributed by atoms with Crippen LogP contribution in [-0.4, -0.2) is 24.1 Å². The SMILES string of the molecule is CC(=NNC(=O)c1cccc(F)c1)c1ccc(OCC(N)=O)cc1. The van der Waals surface area contributed by atoms with Crippen LogP contribution in [0.2, 0.25) is 0 Å². The highest BCUT2D eigenvalue weighted by atomic mass is 19.1. The molecule has 124 valence electrons. The highest BCUT2D eigenvalue weighted by Crippen LogP contribution is 2.12. The summed E-state index contributed by atoms with van der Waals surface area (Å²) in [4.78, 5) is 22.5. The molecule has 2 amide bonds. The molecule has 0 saturated heterocycles. The summed E-state index contributed by atoms with van der Waals surface area (Å²) in [5.74, 6) is -1.06. The van der Waals surface area contributed by atoms with Crippen molar-refractivity contribution in [3.63, 3.8) is 0 Å². The number of ether oxygens (including phenoxy) is 1. The normalized spacial score (nSPS) is 11.0. The van der Waals surface area contributed by atoms with Crippen LogP contribution in [0.15, 0.2) is 53.6 Å². The zero-order valence-electron chi connectivity index (χ0n) is 13.0. The van der Waals surface area contributed by atoms with Gasteiger partial charge >= 0.3 is 0 Å². The molecule has 2 rings (SSSR count). The Hall–Kier alpha value is -3.22. The van der Waals surface area contributed by atoms with Gasteiger partial charge in [0.2, 0.25) is 0 Å². The lowest BCUT2D eigenvalue weighted by Crippen LogP contribution is -2.20. The second kappa shape index (κ2) is 7.87. The summed E-state index contributed by atoms with van der Waals surface area (Å²) in [7, 11) is 0. The van der Waals surface area contributed by atoms with E-state index >= 15 is 0 Å². The molecule has 2 aromatic carbocycles. The van der Waals surface area contributed by atoms with Crippen LogP contribution in [-0.2, 0) is 4.79 Å². The van der Waals surface area contributed by atoms with Gasteiger partial charge in [-0.25, -0.2) is 9.82 Å². The Balaban J connectivity index is 2.00. The van der Waals surface area contributed by atoms with E-state index in [0.717, 1.165) is 11.6 Å². The zero-order valence-corrected chi connectivity index (χ0v) is 13.0. The predicted molar refractivity (Wildman–Crippen MR) is 87.2 cm³/mol. The van der Waals surface area contributed by atoms with Gasteiger partial charge in [-0.05, 0) is 55.0 Å². The van der Waals surface area contributed by atoms with Gasteiger partial charge in [-0.15, -0.1) is 0 Å². The number of nitrogens with one attached hydrogen (secondary N) is 1. The summed E-state index contributed by atoms with van der Waals surface area (Å²) in [5, 5.41) is 3.98. The van der Waals surface area contributed by atoms with E-state index < -0.39 is 17.6 Å². The maximum atomic E-state index is 13.1. The molecule has 24 heavy (non-hydrogen) atoms.